The SMILES string of the molecule is C=C(C)CN(CC(N)=O)CC(C)C. The Bertz CT molecular complexity index is 171. The average molecular weight is 184 g/mol. The van der Waals surface area contributed by atoms with Crippen LogP contribution in [-0.2, 0) is 4.79 Å². The lowest BCUT2D eigenvalue weighted by molar-refractivity contribution is -0.119. The highest BCUT2D eigenvalue weighted by Gasteiger charge is 2.09. The molecular formula is C10H20N2O. The number of nitrogens with two attached hydrogens (primary N) is 1. The number of rotatable bonds is 6. The Morgan fingerprint density at radius 1 is 1.46 bits per heavy atom. The van der Waals surface area contributed by atoms with Crippen LogP contribution in [0.2, 0.25) is 0 Å². The Labute approximate surface area is 80.6 Å². The summed E-state index contributed by atoms with van der Waals surface area (Å²) >= 11 is 0. The van der Waals surface area contributed by atoms with Gasteiger partial charge in [-0.05, 0) is 12.8 Å². The predicted molar refractivity (Wildman–Crippen MR) is 55.3 cm³/mol. The first-order valence-corrected chi connectivity index (χ1v) is 4.57. The highest BCUT2D eigenvalue weighted by molar-refractivity contribution is 5.75. The van der Waals surface area contributed by atoms with Gasteiger partial charge < -0.3 is 5.73 Å². The van der Waals surface area contributed by atoms with E-state index in [0.717, 1.165) is 18.7 Å². The largest absolute Gasteiger partial charge is 0.369 e. The maximum atomic E-state index is 10.7. The zero-order chi connectivity index (χ0) is 10.4. The predicted octanol–water partition coefficient (Wildman–Crippen LogP) is 1.01. The molecule has 0 unspecified atom stereocenters. The van der Waals surface area contributed by atoms with Crippen LogP contribution in [0.25, 0.3) is 0 Å². The number of carbonyl (C=O) groups excluding carboxylic acids is 1. The molecule has 13 heavy (non-hydrogen) atoms. The summed E-state index contributed by atoms with van der Waals surface area (Å²) in [5, 5.41) is 0. The summed E-state index contributed by atoms with van der Waals surface area (Å²) < 4.78 is 0. The van der Waals surface area contributed by atoms with E-state index in [1.807, 2.05) is 11.8 Å². The van der Waals surface area contributed by atoms with E-state index in [4.69, 9.17) is 5.73 Å². The number of hydrogen-bond acceptors (Lipinski definition) is 2. The van der Waals surface area contributed by atoms with E-state index < -0.39 is 0 Å². The Morgan fingerprint density at radius 2 is 2.00 bits per heavy atom. The minimum Gasteiger partial charge on any atom is -0.369 e. The molecule has 0 aliphatic heterocycles. The molecule has 0 bridgehead atoms. The summed E-state index contributed by atoms with van der Waals surface area (Å²) in [7, 11) is 0. The third kappa shape index (κ3) is 7.53. The molecule has 0 atom stereocenters. The first-order chi connectivity index (χ1) is 5.91. The number of primary amides is 1. The van der Waals surface area contributed by atoms with Crippen molar-refractivity contribution in [3.05, 3.63) is 12.2 Å². The van der Waals surface area contributed by atoms with E-state index in [1.165, 1.54) is 0 Å². The van der Waals surface area contributed by atoms with E-state index in [2.05, 4.69) is 20.4 Å². The van der Waals surface area contributed by atoms with E-state index in [1.54, 1.807) is 0 Å². The highest BCUT2D eigenvalue weighted by atomic mass is 16.1. The topological polar surface area (TPSA) is 46.3 Å². The molecule has 0 aromatic carbocycles. The van der Waals surface area contributed by atoms with Gasteiger partial charge >= 0.3 is 0 Å². The molecule has 0 radical (unpaired) electrons. The molecule has 0 aliphatic rings. The van der Waals surface area contributed by atoms with Gasteiger partial charge in [0.2, 0.25) is 5.91 Å². The molecular weight excluding hydrogens is 164 g/mol. The van der Waals surface area contributed by atoms with Gasteiger partial charge in [0, 0.05) is 13.1 Å². The summed E-state index contributed by atoms with van der Waals surface area (Å²) in [6.45, 7) is 12.0. The number of amides is 1. The van der Waals surface area contributed by atoms with Gasteiger partial charge in [-0.1, -0.05) is 26.0 Å². The van der Waals surface area contributed by atoms with Crippen LogP contribution in [-0.4, -0.2) is 30.4 Å². The van der Waals surface area contributed by atoms with Crippen molar-refractivity contribution in [3.63, 3.8) is 0 Å². The standard InChI is InChI=1S/C10H20N2O/c1-8(2)5-12(6-9(3)4)7-10(11)13/h9H,1,5-7H2,2-4H3,(H2,11,13). The first kappa shape index (κ1) is 12.2. The second-order valence-electron chi connectivity index (χ2n) is 3.99. The van der Waals surface area contributed by atoms with Crippen molar-refractivity contribution in [1.82, 2.24) is 4.90 Å². The van der Waals surface area contributed by atoms with E-state index in [0.29, 0.717) is 12.5 Å². The summed E-state index contributed by atoms with van der Waals surface area (Å²) in [6, 6.07) is 0. The molecule has 0 aromatic rings. The van der Waals surface area contributed by atoms with Crippen molar-refractivity contribution in [2.24, 2.45) is 11.7 Å². The number of hydrogen-bond donors (Lipinski definition) is 1. The fourth-order valence-electron chi connectivity index (χ4n) is 1.30. The number of carbonyl (C=O) groups is 1. The minimum atomic E-state index is -0.276. The molecule has 0 saturated heterocycles. The molecule has 0 saturated carbocycles. The Morgan fingerprint density at radius 3 is 2.31 bits per heavy atom. The zero-order valence-corrected chi connectivity index (χ0v) is 8.84. The van der Waals surface area contributed by atoms with Gasteiger partial charge in [0.25, 0.3) is 0 Å². The molecule has 2 N–H and O–H groups in total. The fraction of sp³-hybridized carbons (Fsp3) is 0.700. The fourth-order valence-corrected chi connectivity index (χ4v) is 1.30. The minimum absolute atomic E-state index is 0.276. The van der Waals surface area contributed by atoms with Crippen LogP contribution in [0.1, 0.15) is 20.8 Å². The molecule has 0 aromatic heterocycles. The second-order valence-corrected chi connectivity index (χ2v) is 3.99. The quantitative estimate of drug-likeness (QED) is 0.626. The van der Waals surface area contributed by atoms with Crippen LogP contribution < -0.4 is 5.73 Å². The van der Waals surface area contributed by atoms with Gasteiger partial charge in [0.1, 0.15) is 0 Å². The Hall–Kier alpha value is -0.830. The molecule has 76 valence electrons. The molecule has 3 heteroatoms. The van der Waals surface area contributed by atoms with Crippen LogP contribution >= 0.6 is 0 Å². The maximum absolute atomic E-state index is 10.7. The van der Waals surface area contributed by atoms with E-state index in [-0.39, 0.29) is 5.91 Å². The van der Waals surface area contributed by atoms with Gasteiger partial charge in [-0.2, -0.15) is 0 Å². The van der Waals surface area contributed by atoms with Crippen LogP contribution in [0, 0.1) is 5.92 Å². The summed E-state index contributed by atoms with van der Waals surface area (Å²) in [6.07, 6.45) is 0. The van der Waals surface area contributed by atoms with Crippen LogP contribution in [0.4, 0.5) is 0 Å². The van der Waals surface area contributed by atoms with Crippen molar-refractivity contribution in [1.29, 1.82) is 0 Å². The molecule has 3 nitrogen and oxygen atoms in total. The Kier molecular flexibility index (Phi) is 5.39. The van der Waals surface area contributed by atoms with Crippen molar-refractivity contribution < 1.29 is 4.79 Å². The summed E-state index contributed by atoms with van der Waals surface area (Å²) in [5.74, 6) is 0.264. The van der Waals surface area contributed by atoms with Crippen LogP contribution in [0.5, 0.6) is 0 Å². The smallest absolute Gasteiger partial charge is 0.231 e. The monoisotopic (exact) mass is 184 g/mol. The lowest BCUT2D eigenvalue weighted by Gasteiger charge is -2.22. The third-order valence-electron chi connectivity index (χ3n) is 1.50. The van der Waals surface area contributed by atoms with Crippen LogP contribution in [0.15, 0.2) is 12.2 Å². The third-order valence-corrected chi connectivity index (χ3v) is 1.50. The first-order valence-electron chi connectivity index (χ1n) is 4.57. The molecule has 0 aliphatic carbocycles. The zero-order valence-electron chi connectivity index (χ0n) is 8.84. The molecule has 0 rings (SSSR count). The lowest BCUT2D eigenvalue weighted by atomic mass is 10.2. The van der Waals surface area contributed by atoms with Gasteiger partial charge in [-0.3, -0.25) is 9.69 Å². The molecule has 1 amide bonds. The summed E-state index contributed by atoms with van der Waals surface area (Å²) in [4.78, 5) is 12.7. The second kappa shape index (κ2) is 5.75. The molecule has 0 spiro atoms. The van der Waals surface area contributed by atoms with Crippen molar-refractivity contribution in [2.45, 2.75) is 20.8 Å². The lowest BCUT2D eigenvalue weighted by Crippen LogP contribution is -2.37. The average Bonchev–Trinajstić information content (AvgIpc) is 1.80. The van der Waals surface area contributed by atoms with Crippen molar-refractivity contribution in [2.75, 3.05) is 19.6 Å². The van der Waals surface area contributed by atoms with E-state index >= 15 is 0 Å². The highest BCUT2D eigenvalue weighted by Crippen LogP contribution is 2.01. The van der Waals surface area contributed by atoms with E-state index in [9.17, 15) is 4.79 Å². The van der Waals surface area contributed by atoms with Gasteiger partial charge in [-0.25, -0.2) is 0 Å². The number of nitrogens with zero attached hydrogens (tertiary/aromatic N) is 1. The van der Waals surface area contributed by atoms with Crippen LogP contribution in [0.3, 0.4) is 0 Å². The van der Waals surface area contributed by atoms with Crippen molar-refractivity contribution >= 4 is 5.91 Å². The molecule has 0 fully saturated rings. The van der Waals surface area contributed by atoms with Gasteiger partial charge in [-0.15, -0.1) is 0 Å². The maximum Gasteiger partial charge on any atom is 0.231 e. The van der Waals surface area contributed by atoms with Gasteiger partial charge in [0.15, 0.2) is 0 Å². The van der Waals surface area contributed by atoms with Gasteiger partial charge in [0.05, 0.1) is 6.54 Å². The normalized spacial score (nSPS) is 10.8. The molecule has 0 heterocycles. The van der Waals surface area contributed by atoms with Crippen molar-refractivity contribution in [3.8, 4) is 0 Å². The Balaban J connectivity index is 4.02. The summed E-state index contributed by atoms with van der Waals surface area (Å²) in [5.41, 5.74) is 6.19.